The first kappa shape index (κ1) is 27.8. The average molecular weight is 564 g/mol. The van der Waals surface area contributed by atoms with E-state index in [0.29, 0.717) is 18.1 Å². The summed E-state index contributed by atoms with van der Waals surface area (Å²) in [5, 5.41) is 11.0. The lowest BCUT2D eigenvalue weighted by atomic mass is 10.1. The van der Waals surface area contributed by atoms with Crippen LogP contribution in [0, 0.1) is 6.92 Å². The van der Waals surface area contributed by atoms with Gasteiger partial charge < -0.3 is 16.0 Å². The number of hydrogen-bond acceptors (Lipinski definition) is 5. The van der Waals surface area contributed by atoms with Crippen molar-refractivity contribution < 1.29 is 4.79 Å². The third-order valence-electron chi connectivity index (χ3n) is 7.52. The van der Waals surface area contributed by atoms with Gasteiger partial charge in [0.25, 0.3) is 5.91 Å². The number of fused-ring (bicyclic) bond motifs is 1. The summed E-state index contributed by atoms with van der Waals surface area (Å²) in [4.78, 5) is 22.7. The van der Waals surface area contributed by atoms with Gasteiger partial charge in [-0.25, -0.2) is 9.97 Å². The lowest BCUT2D eigenvalue weighted by Crippen LogP contribution is -2.18. The number of hydrogen-bond donors (Lipinski definition) is 3. The molecule has 6 nitrogen and oxygen atoms in total. The lowest BCUT2D eigenvalue weighted by Gasteiger charge is -2.16. The van der Waals surface area contributed by atoms with Crippen molar-refractivity contribution in [2.45, 2.75) is 26.4 Å². The van der Waals surface area contributed by atoms with E-state index in [1.54, 1.807) is 12.1 Å². The van der Waals surface area contributed by atoms with Gasteiger partial charge in [-0.3, -0.25) is 4.79 Å². The van der Waals surface area contributed by atoms with Crippen LogP contribution in [0.4, 0.5) is 17.3 Å². The highest BCUT2D eigenvalue weighted by molar-refractivity contribution is 6.05. The van der Waals surface area contributed by atoms with Crippen LogP contribution in [-0.4, -0.2) is 15.9 Å². The van der Waals surface area contributed by atoms with Crippen LogP contribution in [0.2, 0.25) is 0 Å². The number of benzene rings is 5. The Morgan fingerprint density at radius 1 is 0.767 bits per heavy atom. The molecule has 6 heteroatoms. The van der Waals surface area contributed by atoms with Crippen molar-refractivity contribution in [3.63, 3.8) is 0 Å². The molecule has 1 amide bonds. The van der Waals surface area contributed by atoms with Crippen LogP contribution in [0.1, 0.15) is 40.0 Å². The molecular weight excluding hydrogens is 530 g/mol. The van der Waals surface area contributed by atoms with Gasteiger partial charge in [-0.15, -0.1) is 0 Å². The van der Waals surface area contributed by atoms with E-state index in [0.717, 1.165) is 44.7 Å². The molecule has 0 saturated carbocycles. The standard InChI is InChI=1S/C37H33N5O/c1-25-17-18-27(24-38-26(2)28-11-5-3-6-12-28)23-34(25)40-36(43)30-19-21-31(22-20-30)39-37-41-33-16-10-9-15-32(33)35(42-37)29-13-7-4-8-14-29/h3-23,26,38H,24H2,1-2H3,(H,40,43)(H,39,41,42). The normalized spacial score (nSPS) is 11.7. The minimum atomic E-state index is -0.161. The highest BCUT2D eigenvalue weighted by Crippen LogP contribution is 2.28. The number of nitrogens with zero attached hydrogens (tertiary/aromatic N) is 2. The van der Waals surface area contributed by atoms with Crippen molar-refractivity contribution in [2.24, 2.45) is 0 Å². The van der Waals surface area contributed by atoms with Crippen LogP contribution >= 0.6 is 0 Å². The second-order valence-corrected chi connectivity index (χ2v) is 10.6. The molecule has 0 bridgehead atoms. The lowest BCUT2D eigenvalue weighted by molar-refractivity contribution is 0.102. The Kier molecular flexibility index (Phi) is 8.20. The Hall–Kier alpha value is -5.33. The predicted molar refractivity (Wildman–Crippen MR) is 176 cm³/mol. The molecule has 1 unspecified atom stereocenters. The van der Waals surface area contributed by atoms with Gasteiger partial charge in [-0.05, 0) is 66.9 Å². The van der Waals surface area contributed by atoms with Gasteiger partial charge in [0, 0.05) is 40.5 Å². The van der Waals surface area contributed by atoms with Crippen molar-refractivity contribution in [3.05, 3.63) is 150 Å². The van der Waals surface area contributed by atoms with Gasteiger partial charge >= 0.3 is 0 Å². The van der Waals surface area contributed by atoms with Gasteiger partial charge in [0.05, 0.1) is 11.2 Å². The Bertz CT molecular complexity index is 1850. The molecule has 212 valence electrons. The molecule has 43 heavy (non-hydrogen) atoms. The molecule has 0 aliphatic carbocycles. The second kappa shape index (κ2) is 12.7. The number of carbonyl (C=O) groups excluding carboxylic acids is 1. The first-order chi connectivity index (χ1) is 21.0. The fourth-order valence-electron chi connectivity index (χ4n) is 5.02. The van der Waals surface area contributed by atoms with E-state index in [9.17, 15) is 4.79 Å². The van der Waals surface area contributed by atoms with Crippen molar-refractivity contribution in [1.29, 1.82) is 0 Å². The maximum atomic E-state index is 13.2. The van der Waals surface area contributed by atoms with Crippen LogP contribution in [0.25, 0.3) is 22.2 Å². The van der Waals surface area contributed by atoms with Gasteiger partial charge in [-0.2, -0.15) is 0 Å². The van der Waals surface area contributed by atoms with Crippen molar-refractivity contribution in [1.82, 2.24) is 15.3 Å². The molecule has 3 N–H and O–H groups in total. The van der Waals surface area contributed by atoms with Crippen LogP contribution in [-0.2, 0) is 6.54 Å². The van der Waals surface area contributed by atoms with E-state index in [1.165, 1.54) is 5.56 Å². The van der Waals surface area contributed by atoms with Crippen molar-refractivity contribution in [2.75, 3.05) is 10.6 Å². The third-order valence-corrected chi connectivity index (χ3v) is 7.52. The summed E-state index contributed by atoms with van der Waals surface area (Å²) >= 11 is 0. The summed E-state index contributed by atoms with van der Waals surface area (Å²) < 4.78 is 0. The second-order valence-electron chi connectivity index (χ2n) is 10.6. The summed E-state index contributed by atoms with van der Waals surface area (Å²) in [6.07, 6.45) is 0. The van der Waals surface area contributed by atoms with E-state index >= 15 is 0 Å². The van der Waals surface area contributed by atoms with Gasteiger partial charge in [0.1, 0.15) is 0 Å². The molecule has 0 aliphatic heterocycles. The van der Waals surface area contributed by atoms with Crippen LogP contribution in [0.3, 0.4) is 0 Å². The molecule has 6 rings (SSSR count). The number of aromatic nitrogens is 2. The van der Waals surface area contributed by atoms with E-state index in [1.807, 2.05) is 91.9 Å². The van der Waals surface area contributed by atoms with Crippen LogP contribution in [0.5, 0.6) is 0 Å². The minimum absolute atomic E-state index is 0.161. The summed E-state index contributed by atoms with van der Waals surface area (Å²) in [6, 6.07) is 42.2. The fraction of sp³-hybridized carbons (Fsp3) is 0.108. The highest BCUT2D eigenvalue weighted by atomic mass is 16.1. The van der Waals surface area contributed by atoms with Crippen molar-refractivity contribution >= 4 is 34.1 Å². The smallest absolute Gasteiger partial charge is 0.255 e. The van der Waals surface area contributed by atoms with Crippen LogP contribution < -0.4 is 16.0 Å². The fourth-order valence-corrected chi connectivity index (χ4v) is 5.02. The SMILES string of the molecule is Cc1ccc(CNC(C)c2ccccc2)cc1NC(=O)c1ccc(Nc2nc(-c3ccccc3)c3ccccc3n2)cc1. The van der Waals surface area contributed by atoms with E-state index < -0.39 is 0 Å². The zero-order valence-corrected chi connectivity index (χ0v) is 24.2. The monoisotopic (exact) mass is 563 g/mol. The zero-order valence-electron chi connectivity index (χ0n) is 24.2. The molecule has 0 radical (unpaired) electrons. The maximum Gasteiger partial charge on any atom is 0.255 e. The number of para-hydroxylation sites is 1. The molecule has 0 spiro atoms. The Morgan fingerprint density at radius 2 is 1.47 bits per heavy atom. The molecule has 5 aromatic carbocycles. The molecular formula is C37H33N5O. The zero-order chi connectivity index (χ0) is 29.6. The Balaban J connectivity index is 1.14. The van der Waals surface area contributed by atoms with E-state index in [2.05, 4.69) is 53.2 Å². The number of aryl methyl sites for hydroxylation is 1. The van der Waals surface area contributed by atoms with Crippen molar-refractivity contribution in [3.8, 4) is 11.3 Å². The molecule has 0 fully saturated rings. The number of rotatable bonds is 9. The number of anilines is 3. The molecule has 1 heterocycles. The quantitative estimate of drug-likeness (QED) is 0.164. The average Bonchev–Trinajstić information content (AvgIpc) is 3.05. The van der Waals surface area contributed by atoms with Crippen LogP contribution in [0.15, 0.2) is 127 Å². The highest BCUT2D eigenvalue weighted by Gasteiger charge is 2.12. The molecule has 1 atom stereocenters. The number of amides is 1. The molecule has 0 aliphatic rings. The van der Waals surface area contributed by atoms with E-state index in [4.69, 9.17) is 9.97 Å². The topological polar surface area (TPSA) is 78.9 Å². The minimum Gasteiger partial charge on any atom is -0.324 e. The molecule has 0 saturated heterocycles. The predicted octanol–water partition coefficient (Wildman–Crippen LogP) is 8.45. The molecule has 1 aromatic heterocycles. The molecule has 6 aromatic rings. The Morgan fingerprint density at radius 3 is 2.23 bits per heavy atom. The third kappa shape index (κ3) is 6.61. The summed E-state index contributed by atoms with van der Waals surface area (Å²) in [6.45, 7) is 4.85. The maximum absolute atomic E-state index is 13.2. The van der Waals surface area contributed by atoms with E-state index in [-0.39, 0.29) is 11.9 Å². The summed E-state index contributed by atoms with van der Waals surface area (Å²) in [7, 11) is 0. The summed E-state index contributed by atoms with van der Waals surface area (Å²) in [5.74, 6) is 0.336. The number of nitrogens with one attached hydrogen (secondary N) is 3. The first-order valence-corrected chi connectivity index (χ1v) is 14.4. The number of carbonyl (C=O) groups is 1. The van der Waals surface area contributed by atoms with Gasteiger partial charge in [0.15, 0.2) is 0 Å². The Labute approximate surface area is 251 Å². The van der Waals surface area contributed by atoms with Gasteiger partial charge in [-0.1, -0.05) is 91.0 Å². The summed E-state index contributed by atoms with van der Waals surface area (Å²) in [5.41, 5.74) is 8.27. The first-order valence-electron chi connectivity index (χ1n) is 14.4. The van der Waals surface area contributed by atoms with Gasteiger partial charge in [0.2, 0.25) is 5.95 Å². The largest absolute Gasteiger partial charge is 0.324 e.